The molecule has 9 heteroatoms. The summed E-state index contributed by atoms with van der Waals surface area (Å²) in [4.78, 5) is 0.203. The van der Waals surface area contributed by atoms with E-state index in [0.717, 1.165) is 0 Å². The Morgan fingerprint density at radius 1 is 1.43 bits per heavy atom. The molecule has 1 aromatic carbocycles. The number of hydrogen-bond donors (Lipinski definition) is 2. The first-order valence-corrected chi connectivity index (χ1v) is 7.73. The summed E-state index contributed by atoms with van der Waals surface area (Å²) >= 11 is 4.88. The topological polar surface area (TPSA) is 99.2 Å². The van der Waals surface area contributed by atoms with Crippen LogP contribution in [0.25, 0.3) is 0 Å². The lowest BCUT2D eigenvalue weighted by Crippen LogP contribution is -2.17. The highest BCUT2D eigenvalue weighted by Gasteiger charge is 2.20. The first kappa shape index (κ1) is 15.3. The average Bonchev–Trinajstić information content (AvgIpc) is 2.85. The van der Waals surface area contributed by atoms with Crippen molar-refractivity contribution in [3.05, 3.63) is 36.0 Å². The number of nitrogens with one attached hydrogen (secondary N) is 1. The van der Waals surface area contributed by atoms with E-state index < -0.39 is 10.0 Å². The number of nitrogens with zero attached hydrogens (tertiary/aromatic N) is 2. The summed E-state index contributed by atoms with van der Waals surface area (Å²) in [7, 11) is -0.785. The van der Waals surface area contributed by atoms with E-state index in [1.54, 1.807) is 25.2 Å². The van der Waals surface area contributed by atoms with Gasteiger partial charge in [-0.15, -0.1) is 0 Å². The van der Waals surface area contributed by atoms with Crippen LogP contribution in [0.2, 0.25) is 0 Å². The molecule has 1 aromatic heterocycles. The molecule has 0 atom stereocenters. The molecule has 7 nitrogen and oxygen atoms in total. The number of methoxy groups -OCH3 is 1. The molecule has 1 heterocycles. The first-order chi connectivity index (χ1) is 9.85. The van der Waals surface area contributed by atoms with Gasteiger partial charge in [-0.1, -0.05) is 12.2 Å². The number of nitrogens with two attached hydrogens (primary N) is 1. The summed E-state index contributed by atoms with van der Waals surface area (Å²) in [6, 6.07) is 6.13. The normalized spacial score (nSPS) is 11.1. The smallest absolute Gasteiger partial charge is 0.279 e. The molecule has 0 aliphatic rings. The van der Waals surface area contributed by atoms with Gasteiger partial charge in [-0.25, -0.2) is 0 Å². The van der Waals surface area contributed by atoms with Gasteiger partial charge in [0.15, 0.2) is 5.03 Å². The lowest BCUT2D eigenvalue weighted by Gasteiger charge is -2.13. The lowest BCUT2D eigenvalue weighted by molar-refractivity contribution is 0.417. The molecule has 0 unspecified atom stereocenters. The van der Waals surface area contributed by atoms with Crippen LogP contribution in [-0.2, 0) is 17.1 Å². The van der Waals surface area contributed by atoms with E-state index in [1.807, 2.05) is 0 Å². The van der Waals surface area contributed by atoms with Gasteiger partial charge in [-0.3, -0.25) is 9.40 Å². The van der Waals surface area contributed by atoms with Gasteiger partial charge < -0.3 is 10.5 Å². The molecule has 0 spiro atoms. The lowest BCUT2D eigenvalue weighted by atomic mass is 10.2. The van der Waals surface area contributed by atoms with Crippen LogP contribution in [-0.4, -0.2) is 30.3 Å². The van der Waals surface area contributed by atoms with Gasteiger partial charge in [0.05, 0.1) is 19.0 Å². The second-order valence-corrected chi connectivity index (χ2v) is 6.25. The minimum Gasteiger partial charge on any atom is -0.495 e. The minimum absolute atomic E-state index is 0.0444. The van der Waals surface area contributed by atoms with Crippen LogP contribution >= 0.6 is 12.2 Å². The van der Waals surface area contributed by atoms with Crippen LogP contribution in [0, 0.1) is 0 Å². The number of sulfonamides is 1. The van der Waals surface area contributed by atoms with Crippen LogP contribution in [0.5, 0.6) is 5.75 Å². The predicted molar refractivity (Wildman–Crippen MR) is 82.9 cm³/mol. The van der Waals surface area contributed by atoms with E-state index >= 15 is 0 Å². The average molecular weight is 326 g/mol. The summed E-state index contributed by atoms with van der Waals surface area (Å²) in [6.07, 6.45) is 1.40. The Kier molecular flexibility index (Phi) is 4.14. The Labute approximate surface area is 127 Å². The van der Waals surface area contributed by atoms with Gasteiger partial charge in [0.2, 0.25) is 0 Å². The molecule has 0 amide bonds. The number of aryl methyl sites for hydroxylation is 1. The number of thiocarbonyl (C=S) groups is 1. The zero-order chi connectivity index (χ0) is 15.6. The summed E-state index contributed by atoms with van der Waals surface area (Å²) in [5.74, 6) is 0.325. The maximum atomic E-state index is 12.3. The minimum atomic E-state index is -3.76. The molecule has 0 aliphatic carbocycles. The van der Waals surface area contributed by atoms with Crippen LogP contribution in [0.4, 0.5) is 5.69 Å². The maximum Gasteiger partial charge on any atom is 0.279 e. The Hall–Kier alpha value is -2.13. The zero-order valence-electron chi connectivity index (χ0n) is 11.4. The highest BCUT2D eigenvalue weighted by atomic mass is 32.2. The van der Waals surface area contributed by atoms with Crippen molar-refractivity contribution in [3.63, 3.8) is 0 Å². The largest absolute Gasteiger partial charge is 0.495 e. The summed E-state index contributed by atoms with van der Waals surface area (Å²) in [6.45, 7) is 0. The van der Waals surface area contributed by atoms with E-state index in [0.29, 0.717) is 17.0 Å². The number of anilines is 1. The van der Waals surface area contributed by atoms with Crippen molar-refractivity contribution >= 4 is 32.9 Å². The Bertz CT molecular complexity index is 784. The Morgan fingerprint density at radius 2 is 2.14 bits per heavy atom. The molecule has 21 heavy (non-hydrogen) atoms. The quantitative estimate of drug-likeness (QED) is 0.791. The van der Waals surface area contributed by atoms with Crippen molar-refractivity contribution in [3.8, 4) is 5.75 Å². The van der Waals surface area contributed by atoms with Gasteiger partial charge in [0.25, 0.3) is 10.0 Å². The summed E-state index contributed by atoms with van der Waals surface area (Å²) in [5, 5.41) is 3.88. The highest BCUT2D eigenvalue weighted by molar-refractivity contribution is 7.92. The number of benzene rings is 1. The molecule has 2 rings (SSSR count). The van der Waals surface area contributed by atoms with Gasteiger partial charge in [-0.2, -0.15) is 13.5 Å². The molecule has 3 N–H and O–H groups in total. The zero-order valence-corrected chi connectivity index (χ0v) is 13.0. The van der Waals surface area contributed by atoms with Crippen LogP contribution in [0.1, 0.15) is 5.56 Å². The van der Waals surface area contributed by atoms with Crippen LogP contribution in [0.15, 0.2) is 35.5 Å². The predicted octanol–water partition coefficient (Wildman–Crippen LogP) is 0.864. The van der Waals surface area contributed by atoms with Crippen molar-refractivity contribution in [2.75, 3.05) is 11.8 Å². The van der Waals surface area contributed by atoms with Crippen molar-refractivity contribution in [1.82, 2.24) is 9.78 Å². The molecule has 0 saturated heterocycles. The van der Waals surface area contributed by atoms with Gasteiger partial charge >= 0.3 is 0 Å². The van der Waals surface area contributed by atoms with Crippen molar-refractivity contribution in [2.24, 2.45) is 12.8 Å². The van der Waals surface area contributed by atoms with Gasteiger partial charge in [0.1, 0.15) is 10.7 Å². The SMILES string of the molecule is COc1cc(C(N)=S)ccc1NS(=O)(=O)c1ccnn1C. The van der Waals surface area contributed by atoms with E-state index in [-0.39, 0.29) is 10.0 Å². The third-order valence-electron chi connectivity index (χ3n) is 2.78. The fraction of sp³-hybridized carbons (Fsp3) is 0.167. The number of hydrogen-bond acceptors (Lipinski definition) is 5. The van der Waals surface area contributed by atoms with Crippen molar-refractivity contribution in [1.29, 1.82) is 0 Å². The number of aromatic nitrogens is 2. The Balaban J connectivity index is 2.40. The van der Waals surface area contributed by atoms with Crippen LogP contribution in [0.3, 0.4) is 0 Å². The van der Waals surface area contributed by atoms with E-state index in [9.17, 15) is 8.42 Å². The second kappa shape index (κ2) is 5.70. The summed E-state index contributed by atoms with van der Waals surface area (Å²) in [5.41, 5.74) is 6.42. The third-order valence-corrected chi connectivity index (χ3v) is 4.46. The van der Waals surface area contributed by atoms with E-state index in [2.05, 4.69) is 9.82 Å². The monoisotopic (exact) mass is 326 g/mol. The third kappa shape index (κ3) is 3.14. The van der Waals surface area contributed by atoms with Crippen molar-refractivity contribution < 1.29 is 13.2 Å². The highest BCUT2D eigenvalue weighted by Crippen LogP contribution is 2.27. The molecular formula is C12H14N4O3S2. The van der Waals surface area contributed by atoms with E-state index in [4.69, 9.17) is 22.7 Å². The van der Waals surface area contributed by atoms with E-state index in [1.165, 1.54) is 24.1 Å². The molecule has 0 saturated carbocycles. The standard InChI is InChI=1S/C12H14N4O3S2/c1-16-11(5-6-14-16)21(17,18)15-9-4-3-8(12(13)20)7-10(9)19-2/h3-7,15H,1-2H3,(H2,13,20). The molecule has 0 bridgehead atoms. The second-order valence-electron chi connectivity index (χ2n) is 4.18. The Morgan fingerprint density at radius 3 is 2.67 bits per heavy atom. The van der Waals surface area contributed by atoms with Crippen LogP contribution < -0.4 is 15.2 Å². The van der Waals surface area contributed by atoms with Crippen molar-refractivity contribution in [2.45, 2.75) is 5.03 Å². The number of rotatable bonds is 5. The van der Waals surface area contributed by atoms with Gasteiger partial charge in [-0.05, 0) is 24.3 Å². The number of ether oxygens (including phenoxy) is 1. The fourth-order valence-electron chi connectivity index (χ4n) is 1.75. The van der Waals surface area contributed by atoms with Gasteiger partial charge in [0, 0.05) is 12.6 Å². The molecular weight excluding hydrogens is 312 g/mol. The summed E-state index contributed by atoms with van der Waals surface area (Å²) < 4.78 is 33.5. The molecule has 0 aliphatic heterocycles. The molecule has 2 aromatic rings. The fourth-order valence-corrected chi connectivity index (χ4v) is 3.08. The first-order valence-electron chi connectivity index (χ1n) is 5.84. The molecule has 0 radical (unpaired) electrons. The maximum absolute atomic E-state index is 12.3. The molecule has 112 valence electrons. The molecule has 0 fully saturated rings.